The highest BCUT2D eigenvalue weighted by molar-refractivity contribution is 6.30. The Bertz CT molecular complexity index is 649. The van der Waals surface area contributed by atoms with Crippen LogP contribution in [0.3, 0.4) is 0 Å². The molecule has 5 nitrogen and oxygen atoms in total. The van der Waals surface area contributed by atoms with Gasteiger partial charge in [0.05, 0.1) is 5.56 Å². The predicted octanol–water partition coefficient (Wildman–Crippen LogP) is 2.11. The van der Waals surface area contributed by atoms with Crippen LogP contribution in [0.1, 0.15) is 57.1 Å². The van der Waals surface area contributed by atoms with Gasteiger partial charge in [-0.25, -0.2) is 4.79 Å². The standard InChI is InChI=1S/C15H22ClN3O2/c1-9(2)12-13(16)17-15(21)19(14(12)20)11-5-7-18-6-3-4-10(18)8-11/h9-11H,3-8H2,1-2H3,(H,17,21). The minimum atomic E-state index is -0.370. The minimum Gasteiger partial charge on any atom is -0.300 e. The molecule has 1 aromatic heterocycles. The first-order valence-electron chi connectivity index (χ1n) is 7.77. The third-order valence-electron chi connectivity index (χ3n) is 4.86. The molecule has 0 aliphatic carbocycles. The molecule has 0 bridgehead atoms. The van der Waals surface area contributed by atoms with E-state index >= 15 is 0 Å². The summed E-state index contributed by atoms with van der Waals surface area (Å²) in [6.07, 6.45) is 4.15. The molecule has 6 heteroatoms. The highest BCUT2D eigenvalue weighted by Crippen LogP contribution is 2.32. The molecule has 2 saturated heterocycles. The first-order chi connectivity index (χ1) is 9.99. The van der Waals surface area contributed by atoms with E-state index in [1.165, 1.54) is 17.4 Å². The summed E-state index contributed by atoms with van der Waals surface area (Å²) in [7, 11) is 0. The molecule has 21 heavy (non-hydrogen) atoms. The first kappa shape index (κ1) is 14.9. The van der Waals surface area contributed by atoms with Crippen molar-refractivity contribution in [1.82, 2.24) is 14.5 Å². The van der Waals surface area contributed by atoms with Gasteiger partial charge < -0.3 is 4.90 Å². The fraction of sp³-hybridized carbons (Fsp3) is 0.733. The van der Waals surface area contributed by atoms with Crippen molar-refractivity contribution in [3.63, 3.8) is 0 Å². The van der Waals surface area contributed by atoms with Crippen LogP contribution in [0.25, 0.3) is 0 Å². The van der Waals surface area contributed by atoms with Crippen LogP contribution in [-0.2, 0) is 0 Å². The Morgan fingerprint density at radius 3 is 2.67 bits per heavy atom. The largest absolute Gasteiger partial charge is 0.329 e. The highest BCUT2D eigenvalue weighted by Gasteiger charge is 2.34. The van der Waals surface area contributed by atoms with E-state index in [-0.39, 0.29) is 28.4 Å². The number of hydrogen-bond acceptors (Lipinski definition) is 3. The molecule has 1 aromatic rings. The van der Waals surface area contributed by atoms with E-state index in [4.69, 9.17) is 11.6 Å². The van der Waals surface area contributed by atoms with Crippen molar-refractivity contribution in [2.45, 2.75) is 57.5 Å². The van der Waals surface area contributed by atoms with Gasteiger partial charge in [-0.3, -0.25) is 14.3 Å². The Labute approximate surface area is 128 Å². The molecule has 116 valence electrons. The molecule has 1 N–H and O–H groups in total. The van der Waals surface area contributed by atoms with Gasteiger partial charge in [-0.2, -0.15) is 0 Å². The zero-order chi connectivity index (χ0) is 15.1. The summed E-state index contributed by atoms with van der Waals surface area (Å²) < 4.78 is 1.41. The molecule has 0 saturated carbocycles. The van der Waals surface area contributed by atoms with Crippen molar-refractivity contribution >= 4 is 11.6 Å². The van der Waals surface area contributed by atoms with Crippen LogP contribution in [0.5, 0.6) is 0 Å². The van der Waals surface area contributed by atoms with Gasteiger partial charge in [0.15, 0.2) is 0 Å². The van der Waals surface area contributed by atoms with E-state index < -0.39 is 0 Å². The fourth-order valence-electron chi connectivity index (χ4n) is 3.81. The quantitative estimate of drug-likeness (QED) is 0.851. The SMILES string of the molecule is CC(C)c1c(Cl)[nH]c(=O)n(C2CCN3CCCC3C2)c1=O. The Kier molecular flexibility index (Phi) is 3.97. The number of nitrogens with zero attached hydrogens (tertiary/aromatic N) is 2. The summed E-state index contributed by atoms with van der Waals surface area (Å²) in [6, 6.07) is 0.517. The van der Waals surface area contributed by atoms with E-state index in [1.54, 1.807) is 0 Å². The smallest absolute Gasteiger partial charge is 0.300 e. The van der Waals surface area contributed by atoms with E-state index in [0.29, 0.717) is 11.6 Å². The maximum absolute atomic E-state index is 12.7. The molecule has 0 radical (unpaired) electrons. The normalized spacial score (nSPS) is 26.3. The third kappa shape index (κ3) is 2.57. The van der Waals surface area contributed by atoms with Crippen molar-refractivity contribution in [3.8, 4) is 0 Å². The maximum Gasteiger partial charge on any atom is 0.329 e. The molecule has 2 aliphatic heterocycles. The number of nitrogens with one attached hydrogen (secondary N) is 1. The monoisotopic (exact) mass is 311 g/mol. The average molecular weight is 312 g/mol. The van der Waals surface area contributed by atoms with Crippen LogP contribution in [0.15, 0.2) is 9.59 Å². The lowest BCUT2D eigenvalue weighted by Crippen LogP contribution is -2.46. The van der Waals surface area contributed by atoms with E-state index in [9.17, 15) is 9.59 Å². The minimum absolute atomic E-state index is 0.000306. The molecule has 2 unspecified atom stereocenters. The van der Waals surface area contributed by atoms with Crippen molar-refractivity contribution < 1.29 is 0 Å². The summed E-state index contributed by atoms with van der Waals surface area (Å²) in [5.41, 5.74) is -0.0637. The molecule has 2 atom stereocenters. The number of halogens is 1. The molecular weight excluding hydrogens is 290 g/mol. The van der Waals surface area contributed by atoms with E-state index in [1.807, 2.05) is 13.8 Å². The number of aromatic nitrogens is 2. The van der Waals surface area contributed by atoms with Crippen molar-refractivity contribution in [1.29, 1.82) is 0 Å². The van der Waals surface area contributed by atoms with Crippen molar-refractivity contribution in [3.05, 3.63) is 31.6 Å². The first-order valence-corrected chi connectivity index (χ1v) is 8.15. The summed E-state index contributed by atoms with van der Waals surface area (Å²) in [5.74, 6) is -0.000306. The van der Waals surface area contributed by atoms with E-state index in [2.05, 4.69) is 9.88 Å². The van der Waals surface area contributed by atoms with Gasteiger partial charge in [0.2, 0.25) is 0 Å². The summed E-state index contributed by atoms with van der Waals surface area (Å²) in [6.45, 7) is 5.97. The van der Waals surface area contributed by atoms with Gasteiger partial charge >= 0.3 is 5.69 Å². The van der Waals surface area contributed by atoms with Crippen LogP contribution in [0.4, 0.5) is 0 Å². The zero-order valence-electron chi connectivity index (χ0n) is 12.6. The molecular formula is C15H22ClN3O2. The topological polar surface area (TPSA) is 58.1 Å². The maximum atomic E-state index is 12.7. The van der Waals surface area contributed by atoms with Crippen LogP contribution in [0.2, 0.25) is 5.15 Å². The van der Waals surface area contributed by atoms with Gasteiger partial charge in [0.25, 0.3) is 5.56 Å². The van der Waals surface area contributed by atoms with E-state index in [0.717, 1.165) is 25.9 Å². The van der Waals surface area contributed by atoms with Crippen LogP contribution >= 0.6 is 11.6 Å². The Hall–Kier alpha value is -1.07. The lowest BCUT2D eigenvalue weighted by Gasteiger charge is -2.35. The molecule has 3 rings (SSSR count). The Balaban J connectivity index is 2.00. The average Bonchev–Trinajstić information content (AvgIpc) is 2.84. The second-order valence-electron chi connectivity index (χ2n) is 6.50. The fourth-order valence-corrected chi connectivity index (χ4v) is 4.19. The van der Waals surface area contributed by atoms with Crippen LogP contribution < -0.4 is 11.2 Å². The third-order valence-corrected chi connectivity index (χ3v) is 5.15. The summed E-state index contributed by atoms with van der Waals surface area (Å²) >= 11 is 6.05. The van der Waals surface area contributed by atoms with Gasteiger partial charge in [-0.05, 0) is 38.1 Å². The lowest BCUT2D eigenvalue weighted by atomic mass is 9.97. The zero-order valence-corrected chi connectivity index (χ0v) is 13.3. The van der Waals surface area contributed by atoms with Crippen molar-refractivity contribution in [2.75, 3.05) is 13.1 Å². The van der Waals surface area contributed by atoms with Gasteiger partial charge in [-0.1, -0.05) is 25.4 Å². The number of rotatable bonds is 2. The number of fused-ring (bicyclic) bond motifs is 1. The molecule has 2 fully saturated rings. The van der Waals surface area contributed by atoms with Gasteiger partial charge in [0, 0.05) is 18.6 Å². The molecule has 0 amide bonds. The second kappa shape index (κ2) is 5.61. The second-order valence-corrected chi connectivity index (χ2v) is 6.88. The Morgan fingerprint density at radius 1 is 1.19 bits per heavy atom. The number of H-pyrrole nitrogens is 1. The van der Waals surface area contributed by atoms with Gasteiger partial charge in [0.1, 0.15) is 5.15 Å². The molecule has 0 spiro atoms. The number of piperidine rings is 1. The highest BCUT2D eigenvalue weighted by atomic mass is 35.5. The number of aromatic amines is 1. The van der Waals surface area contributed by atoms with Crippen molar-refractivity contribution in [2.24, 2.45) is 0 Å². The summed E-state index contributed by atoms with van der Waals surface area (Å²) in [4.78, 5) is 30.1. The predicted molar refractivity (Wildman–Crippen MR) is 83.3 cm³/mol. The van der Waals surface area contributed by atoms with Gasteiger partial charge in [-0.15, -0.1) is 0 Å². The van der Waals surface area contributed by atoms with Crippen LogP contribution in [-0.4, -0.2) is 33.6 Å². The molecule has 0 aromatic carbocycles. The Morgan fingerprint density at radius 2 is 1.95 bits per heavy atom. The number of hydrogen-bond donors (Lipinski definition) is 1. The lowest BCUT2D eigenvalue weighted by molar-refractivity contribution is 0.151. The van der Waals surface area contributed by atoms with Crippen LogP contribution in [0, 0.1) is 0 Å². The molecule has 3 heterocycles. The molecule has 2 aliphatic rings. The summed E-state index contributed by atoms with van der Waals surface area (Å²) in [5, 5.41) is 0.189.